The van der Waals surface area contributed by atoms with E-state index >= 15 is 0 Å². The van der Waals surface area contributed by atoms with Crippen LogP contribution in [-0.4, -0.2) is 10.9 Å². The van der Waals surface area contributed by atoms with E-state index in [1.165, 1.54) is 0 Å². The highest BCUT2D eigenvalue weighted by molar-refractivity contribution is 6.33. The number of nitrogens with one attached hydrogen (secondary N) is 1. The van der Waals surface area contributed by atoms with E-state index < -0.39 is 0 Å². The standard InChI is InChI=1S/C19H19ClN2O2/c1-3-4-5-18(23)21-15-11-13(7-8-14(15)20)19-22-16-10-12(2)6-9-17(16)24-19/h6-11H,3-5H2,1-2H3,(H,21,23). The number of benzene rings is 2. The second-order valence-electron chi connectivity index (χ2n) is 5.84. The van der Waals surface area contributed by atoms with Crippen LogP contribution >= 0.6 is 11.6 Å². The van der Waals surface area contributed by atoms with Gasteiger partial charge in [0.2, 0.25) is 11.8 Å². The number of halogens is 1. The van der Waals surface area contributed by atoms with E-state index in [1.807, 2.05) is 31.2 Å². The summed E-state index contributed by atoms with van der Waals surface area (Å²) in [6, 6.07) is 11.2. The second kappa shape index (κ2) is 7.05. The molecule has 1 heterocycles. The highest BCUT2D eigenvalue weighted by Crippen LogP contribution is 2.30. The lowest BCUT2D eigenvalue weighted by Gasteiger charge is -2.08. The summed E-state index contributed by atoms with van der Waals surface area (Å²) in [6.45, 7) is 4.07. The molecule has 1 aromatic heterocycles. The summed E-state index contributed by atoms with van der Waals surface area (Å²) in [4.78, 5) is 16.5. The Balaban J connectivity index is 1.90. The van der Waals surface area contributed by atoms with Crippen LogP contribution < -0.4 is 5.32 Å². The van der Waals surface area contributed by atoms with Crippen molar-refractivity contribution >= 4 is 34.3 Å². The molecule has 24 heavy (non-hydrogen) atoms. The van der Waals surface area contributed by atoms with Gasteiger partial charge in [0.1, 0.15) is 5.52 Å². The number of aromatic nitrogens is 1. The smallest absolute Gasteiger partial charge is 0.227 e. The molecule has 0 radical (unpaired) electrons. The maximum atomic E-state index is 11.9. The number of hydrogen-bond donors (Lipinski definition) is 1. The highest BCUT2D eigenvalue weighted by Gasteiger charge is 2.12. The van der Waals surface area contributed by atoms with Crippen LogP contribution in [0.25, 0.3) is 22.6 Å². The molecule has 0 aliphatic rings. The zero-order chi connectivity index (χ0) is 17.1. The van der Waals surface area contributed by atoms with Crippen LogP contribution in [0.3, 0.4) is 0 Å². The van der Waals surface area contributed by atoms with Gasteiger partial charge in [-0.1, -0.05) is 31.0 Å². The van der Waals surface area contributed by atoms with Gasteiger partial charge in [0, 0.05) is 12.0 Å². The first-order valence-corrected chi connectivity index (χ1v) is 8.41. The van der Waals surface area contributed by atoms with Gasteiger partial charge in [-0.15, -0.1) is 0 Å². The summed E-state index contributed by atoms with van der Waals surface area (Å²) in [5, 5.41) is 3.35. The first-order chi connectivity index (χ1) is 11.6. The number of rotatable bonds is 5. The summed E-state index contributed by atoms with van der Waals surface area (Å²) in [5.41, 5.74) is 4.03. The summed E-state index contributed by atoms with van der Waals surface area (Å²) in [7, 11) is 0. The minimum absolute atomic E-state index is 0.0379. The molecule has 0 unspecified atom stereocenters. The molecule has 124 valence electrons. The first kappa shape index (κ1) is 16.5. The fourth-order valence-electron chi connectivity index (χ4n) is 2.47. The van der Waals surface area contributed by atoms with Crippen LogP contribution in [0.15, 0.2) is 40.8 Å². The van der Waals surface area contributed by atoms with Gasteiger partial charge in [-0.3, -0.25) is 4.79 Å². The van der Waals surface area contributed by atoms with Gasteiger partial charge in [-0.25, -0.2) is 4.98 Å². The molecule has 5 heteroatoms. The topological polar surface area (TPSA) is 55.1 Å². The number of nitrogens with zero attached hydrogens (tertiary/aromatic N) is 1. The van der Waals surface area contributed by atoms with Crippen molar-refractivity contribution in [3.63, 3.8) is 0 Å². The molecular formula is C19H19ClN2O2. The Hall–Kier alpha value is -2.33. The molecule has 0 saturated heterocycles. The molecule has 0 saturated carbocycles. The average molecular weight is 343 g/mol. The third kappa shape index (κ3) is 3.60. The Morgan fingerprint density at radius 2 is 2.08 bits per heavy atom. The summed E-state index contributed by atoms with van der Waals surface area (Å²) >= 11 is 6.20. The van der Waals surface area contributed by atoms with Crippen LogP contribution in [0, 0.1) is 6.92 Å². The molecule has 2 aromatic carbocycles. The van der Waals surface area contributed by atoms with E-state index in [0.29, 0.717) is 23.0 Å². The molecular weight excluding hydrogens is 324 g/mol. The van der Waals surface area contributed by atoms with E-state index in [2.05, 4.69) is 17.2 Å². The Bertz CT molecular complexity index is 886. The van der Waals surface area contributed by atoms with E-state index in [0.717, 1.165) is 35.1 Å². The average Bonchev–Trinajstić information content (AvgIpc) is 2.98. The highest BCUT2D eigenvalue weighted by atomic mass is 35.5. The quantitative estimate of drug-likeness (QED) is 0.658. The minimum Gasteiger partial charge on any atom is -0.436 e. The van der Waals surface area contributed by atoms with Crippen molar-refractivity contribution in [1.82, 2.24) is 4.98 Å². The van der Waals surface area contributed by atoms with Crippen molar-refractivity contribution in [2.45, 2.75) is 33.1 Å². The fraction of sp³-hybridized carbons (Fsp3) is 0.263. The number of hydrogen-bond acceptors (Lipinski definition) is 3. The van der Waals surface area contributed by atoms with Crippen LogP contribution in [0.5, 0.6) is 0 Å². The van der Waals surface area contributed by atoms with E-state index in [-0.39, 0.29) is 5.91 Å². The van der Waals surface area contributed by atoms with Crippen LogP contribution in [0.2, 0.25) is 5.02 Å². The zero-order valence-corrected chi connectivity index (χ0v) is 14.5. The van der Waals surface area contributed by atoms with Gasteiger partial charge in [-0.05, 0) is 49.2 Å². The predicted molar refractivity (Wildman–Crippen MR) is 97.3 cm³/mol. The normalized spacial score (nSPS) is 11.0. The lowest BCUT2D eigenvalue weighted by Crippen LogP contribution is -2.11. The third-order valence-corrected chi connectivity index (χ3v) is 4.12. The molecule has 0 aliphatic carbocycles. The molecule has 0 atom stereocenters. The largest absolute Gasteiger partial charge is 0.436 e. The minimum atomic E-state index is -0.0379. The number of oxazole rings is 1. The Morgan fingerprint density at radius 1 is 1.25 bits per heavy atom. The molecule has 0 fully saturated rings. The summed E-state index contributed by atoms with van der Waals surface area (Å²) in [5.74, 6) is 0.473. The van der Waals surface area contributed by atoms with Crippen molar-refractivity contribution in [3.8, 4) is 11.5 Å². The number of fused-ring (bicyclic) bond motifs is 1. The van der Waals surface area contributed by atoms with Gasteiger partial charge in [0.25, 0.3) is 0 Å². The Morgan fingerprint density at radius 3 is 2.88 bits per heavy atom. The molecule has 1 N–H and O–H groups in total. The van der Waals surface area contributed by atoms with Crippen LogP contribution in [0.4, 0.5) is 5.69 Å². The number of aryl methyl sites for hydroxylation is 1. The molecule has 0 bridgehead atoms. The summed E-state index contributed by atoms with van der Waals surface area (Å²) in [6.07, 6.45) is 2.32. The van der Waals surface area contributed by atoms with Crippen molar-refractivity contribution < 1.29 is 9.21 Å². The van der Waals surface area contributed by atoms with Crippen LogP contribution in [-0.2, 0) is 4.79 Å². The molecule has 0 aliphatic heterocycles. The van der Waals surface area contributed by atoms with Crippen molar-refractivity contribution in [1.29, 1.82) is 0 Å². The number of anilines is 1. The lowest BCUT2D eigenvalue weighted by molar-refractivity contribution is -0.116. The van der Waals surface area contributed by atoms with Gasteiger partial charge >= 0.3 is 0 Å². The summed E-state index contributed by atoms with van der Waals surface area (Å²) < 4.78 is 5.81. The van der Waals surface area contributed by atoms with Crippen molar-refractivity contribution in [2.75, 3.05) is 5.32 Å². The maximum absolute atomic E-state index is 11.9. The number of carbonyl (C=O) groups is 1. The number of unbranched alkanes of at least 4 members (excludes halogenated alkanes) is 1. The van der Waals surface area contributed by atoms with E-state index in [9.17, 15) is 4.79 Å². The van der Waals surface area contributed by atoms with Crippen molar-refractivity contribution in [2.24, 2.45) is 0 Å². The lowest BCUT2D eigenvalue weighted by atomic mass is 10.2. The first-order valence-electron chi connectivity index (χ1n) is 8.04. The second-order valence-corrected chi connectivity index (χ2v) is 6.24. The maximum Gasteiger partial charge on any atom is 0.227 e. The number of amides is 1. The molecule has 3 aromatic rings. The predicted octanol–water partition coefficient (Wildman–Crippen LogP) is 5.59. The van der Waals surface area contributed by atoms with Gasteiger partial charge in [0.15, 0.2) is 5.58 Å². The number of carbonyl (C=O) groups excluding carboxylic acids is 1. The van der Waals surface area contributed by atoms with Gasteiger partial charge in [0.05, 0.1) is 10.7 Å². The monoisotopic (exact) mass is 342 g/mol. The molecule has 3 rings (SSSR count). The Labute approximate surface area is 145 Å². The molecule has 4 nitrogen and oxygen atoms in total. The molecule has 1 amide bonds. The Kier molecular flexibility index (Phi) is 4.86. The fourth-order valence-corrected chi connectivity index (χ4v) is 2.63. The van der Waals surface area contributed by atoms with E-state index in [1.54, 1.807) is 12.1 Å². The zero-order valence-electron chi connectivity index (χ0n) is 13.7. The SMILES string of the molecule is CCCCC(=O)Nc1cc(-c2nc3cc(C)ccc3o2)ccc1Cl. The van der Waals surface area contributed by atoms with Gasteiger partial charge < -0.3 is 9.73 Å². The molecule has 0 spiro atoms. The van der Waals surface area contributed by atoms with Gasteiger partial charge in [-0.2, -0.15) is 0 Å². The van der Waals surface area contributed by atoms with Crippen LogP contribution in [0.1, 0.15) is 31.7 Å². The third-order valence-electron chi connectivity index (χ3n) is 3.79. The van der Waals surface area contributed by atoms with Crippen molar-refractivity contribution in [3.05, 3.63) is 47.0 Å². The van der Waals surface area contributed by atoms with E-state index in [4.69, 9.17) is 16.0 Å².